The lowest BCUT2D eigenvalue weighted by atomic mass is 9.86. The molecular formula is C22H25N3O. The highest BCUT2D eigenvalue weighted by atomic mass is 16.1. The summed E-state index contributed by atoms with van der Waals surface area (Å²) in [5.74, 6) is 0.00222. The first-order chi connectivity index (χ1) is 12.4. The molecule has 3 rings (SSSR count). The second-order valence-electron chi connectivity index (χ2n) is 7.40. The number of nitrogens with one attached hydrogen (secondary N) is 2. The molecule has 2 N–H and O–H groups in total. The zero-order valence-corrected chi connectivity index (χ0v) is 15.5. The van der Waals surface area contributed by atoms with Gasteiger partial charge in [0.25, 0.3) is 0 Å². The average molecular weight is 347 g/mol. The number of aromatic nitrogens is 1. The Morgan fingerprint density at radius 3 is 2.50 bits per heavy atom. The Kier molecular flexibility index (Phi) is 5.21. The van der Waals surface area contributed by atoms with Gasteiger partial charge in [0.2, 0.25) is 5.91 Å². The Labute approximate surface area is 154 Å². The number of rotatable bonds is 5. The third kappa shape index (κ3) is 4.20. The van der Waals surface area contributed by atoms with Crippen LogP contribution in [0, 0.1) is 0 Å². The van der Waals surface area contributed by atoms with E-state index in [1.807, 2.05) is 48.5 Å². The number of nitrogens with zero attached hydrogens (tertiary/aromatic N) is 1. The van der Waals surface area contributed by atoms with E-state index < -0.39 is 0 Å². The standard InChI is InChI=1S/C22H25N3O/c1-22(2,3)17-10-4-5-11-18(17)25-20(26)13-15-23-19-12-6-8-16-9-7-14-24-21(16)19/h4-12,14,23H,13,15H2,1-3H3,(H,25,26). The van der Waals surface area contributed by atoms with E-state index in [1.165, 1.54) is 0 Å². The molecule has 4 heteroatoms. The Hall–Kier alpha value is -2.88. The lowest BCUT2D eigenvalue weighted by molar-refractivity contribution is -0.115. The highest BCUT2D eigenvalue weighted by Gasteiger charge is 2.18. The van der Waals surface area contributed by atoms with Crippen molar-refractivity contribution in [1.82, 2.24) is 4.98 Å². The van der Waals surface area contributed by atoms with Crippen molar-refractivity contribution in [2.24, 2.45) is 0 Å². The molecule has 0 saturated heterocycles. The summed E-state index contributed by atoms with van der Waals surface area (Å²) in [6.07, 6.45) is 2.17. The van der Waals surface area contributed by atoms with Crippen molar-refractivity contribution in [3.63, 3.8) is 0 Å². The molecule has 0 unspecified atom stereocenters. The summed E-state index contributed by atoms with van der Waals surface area (Å²) in [7, 11) is 0. The van der Waals surface area contributed by atoms with Gasteiger partial charge < -0.3 is 10.6 Å². The van der Waals surface area contributed by atoms with E-state index in [9.17, 15) is 4.79 Å². The summed E-state index contributed by atoms with van der Waals surface area (Å²) in [6, 6.07) is 17.9. The van der Waals surface area contributed by atoms with Crippen molar-refractivity contribution in [2.45, 2.75) is 32.6 Å². The molecule has 0 aliphatic carbocycles. The Morgan fingerprint density at radius 1 is 0.962 bits per heavy atom. The van der Waals surface area contributed by atoms with E-state index in [-0.39, 0.29) is 11.3 Å². The maximum Gasteiger partial charge on any atom is 0.226 e. The molecule has 0 fully saturated rings. The summed E-state index contributed by atoms with van der Waals surface area (Å²) < 4.78 is 0. The van der Waals surface area contributed by atoms with Crippen molar-refractivity contribution in [3.8, 4) is 0 Å². The smallest absolute Gasteiger partial charge is 0.226 e. The molecule has 1 amide bonds. The predicted molar refractivity (Wildman–Crippen MR) is 109 cm³/mol. The fourth-order valence-electron chi connectivity index (χ4n) is 3.02. The van der Waals surface area contributed by atoms with Gasteiger partial charge in [0, 0.05) is 30.2 Å². The summed E-state index contributed by atoms with van der Waals surface area (Å²) in [5.41, 5.74) is 3.88. The second kappa shape index (κ2) is 7.56. The number of hydrogen-bond donors (Lipinski definition) is 2. The summed E-state index contributed by atoms with van der Waals surface area (Å²) in [5, 5.41) is 7.46. The minimum atomic E-state index is -0.0171. The molecule has 0 radical (unpaired) electrons. The number of amides is 1. The van der Waals surface area contributed by atoms with Crippen molar-refractivity contribution in [1.29, 1.82) is 0 Å². The molecule has 2 aromatic carbocycles. The number of fused-ring (bicyclic) bond motifs is 1. The van der Waals surface area contributed by atoms with Crippen molar-refractivity contribution < 1.29 is 4.79 Å². The van der Waals surface area contributed by atoms with Gasteiger partial charge in [-0.2, -0.15) is 0 Å². The SMILES string of the molecule is CC(C)(C)c1ccccc1NC(=O)CCNc1cccc2cccnc12. The number of carbonyl (C=O) groups is 1. The van der Waals surface area contributed by atoms with E-state index in [2.05, 4.69) is 42.5 Å². The van der Waals surface area contributed by atoms with Gasteiger partial charge in [-0.05, 0) is 29.2 Å². The van der Waals surface area contributed by atoms with Gasteiger partial charge in [0.15, 0.2) is 0 Å². The van der Waals surface area contributed by atoms with Gasteiger partial charge in [-0.3, -0.25) is 9.78 Å². The van der Waals surface area contributed by atoms with Crippen LogP contribution in [0.15, 0.2) is 60.8 Å². The maximum absolute atomic E-state index is 12.4. The van der Waals surface area contributed by atoms with Gasteiger partial charge in [0.05, 0.1) is 11.2 Å². The number of hydrogen-bond acceptors (Lipinski definition) is 3. The fraction of sp³-hybridized carbons (Fsp3) is 0.273. The topological polar surface area (TPSA) is 54.0 Å². The molecule has 26 heavy (non-hydrogen) atoms. The predicted octanol–water partition coefficient (Wildman–Crippen LogP) is 4.97. The molecule has 0 bridgehead atoms. The van der Waals surface area contributed by atoms with Crippen LogP contribution in [-0.4, -0.2) is 17.4 Å². The third-order valence-corrected chi connectivity index (χ3v) is 4.31. The van der Waals surface area contributed by atoms with Gasteiger partial charge in [-0.1, -0.05) is 57.2 Å². The number of benzene rings is 2. The average Bonchev–Trinajstić information content (AvgIpc) is 2.61. The van der Waals surface area contributed by atoms with Crippen LogP contribution in [0.1, 0.15) is 32.8 Å². The van der Waals surface area contributed by atoms with Crippen LogP contribution in [0.3, 0.4) is 0 Å². The molecule has 4 nitrogen and oxygen atoms in total. The summed E-state index contributed by atoms with van der Waals surface area (Å²) >= 11 is 0. The second-order valence-corrected chi connectivity index (χ2v) is 7.40. The normalized spacial score (nSPS) is 11.3. The van der Waals surface area contributed by atoms with E-state index in [0.717, 1.165) is 27.8 Å². The number of anilines is 2. The van der Waals surface area contributed by atoms with Crippen LogP contribution >= 0.6 is 0 Å². The van der Waals surface area contributed by atoms with E-state index >= 15 is 0 Å². The first kappa shape index (κ1) is 17.9. The largest absolute Gasteiger partial charge is 0.383 e. The lowest BCUT2D eigenvalue weighted by Crippen LogP contribution is -2.20. The number of carbonyl (C=O) groups excluding carboxylic acids is 1. The number of para-hydroxylation sites is 2. The van der Waals surface area contributed by atoms with Crippen molar-refractivity contribution in [3.05, 3.63) is 66.4 Å². The van der Waals surface area contributed by atoms with Crippen LogP contribution in [0.5, 0.6) is 0 Å². The quantitative estimate of drug-likeness (QED) is 0.685. The number of pyridine rings is 1. The fourth-order valence-corrected chi connectivity index (χ4v) is 3.02. The van der Waals surface area contributed by atoms with Gasteiger partial charge in [-0.25, -0.2) is 0 Å². The van der Waals surface area contributed by atoms with E-state index in [1.54, 1.807) is 6.20 Å². The first-order valence-corrected chi connectivity index (χ1v) is 8.92. The molecule has 0 aliphatic rings. The minimum Gasteiger partial charge on any atom is -0.383 e. The Balaban J connectivity index is 1.62. The minimum absolute atomic E-state index is 0.00222. The van der Waals surface area contributed by atoms with Gasteiger partial charge in [0.1, 0.15) is 0 Å². The zero-order chi connectivity index (χ0) is 18.6. The highest BCUT2D eigenvalue weighted by molar-refractivity contribution is 5.93. The van der Waals surface area contributed by atoms with Crippen LogP contribution < -0.4 is 10.6 Å². The molecule has 3 aromatic rings. The van der Waals surface area contributed by atoms with Crippen LogP contribution in [0.25, 0.3) is 10.9 Å². The molecule has 0 aliphatic heterocycles. The molecule has 1 heterocycles. The van der Waals surface area contributed by atoms with Crippen LogP contribution in [0.2, 0.25) is 0 Å². The van der Waals surface area contributed by atoms with Gasteiger partial charge >= 0.3 is 0 Å². The Bertz CT molecular complexity index is 907. The molecule has 0 atom stereocenters. The Morgan fingerprint density at radius 2 is 1.69 bits per heavy atom. The van der Waals surface area contributed by atoms with E-state index in [0.29, 0.717) is 13.0 Å². The van der Waals surface area contributed by atoms with Crippen LogP contribution in [0.4, 0.5) is 11.4 Å². The van der Waals surface area contributed by atoms with Crippen molar-refractivity contribution in [2.75, 3.05) is 17.2 Å². The van der Waals surface area contributed by atoms with Crippen molar-refractivity contribution >= 4 is 28.2 Å². The third-order valence-electron chi connectivity index (χ3n) is 4.31. The lowest BCUT2D eigenvalue weighted by Gasteiger charge is -2.23. The maximum atomic E-state index is 12.4. The molecule has 0 saturated carbocycles. The highest BCUT2D eigenvalue weighted by Crippen LogP contribution is 2.29. The molecule has 0 spiro atoms. The monoisotopic (exact) mass is 347 g/mol. The molecular weight excluding hydrogens is 322 g/mol. The van der Waals surface area contributed by atoms with Gasteiger partial charge in [-0.15, -0.1) is 0 Å². The van der Waals surface area contributed by atoms with Crippen LogP contribution in [-0.2, 0) is 10.2 Å². The molecule has 1 aromatic heterocycles. The first-order valence-electron chi connectivity index (χ1n) is 8.92. The van der Waals surface area contributed by atoms with E-state index in [4.69, 9.17) is 0 Å². The summed E-state index contributed by atoms with van der Waals surface area (Å²) in [6.45, 7) is 6.99. The molecule has 134 valence electrons. The zero-order valence-electron chi connectivity index (χ0n) is 15.5. The summed E-state index contributed by atoms with van der Waals surface area (Å²) in [4.78, 5) is 16.8.